The lowest BCUT2D eigenvalue weighted by Crippen LogP contribution is -2.78. The van der Waals surface area contributed by atoms with Gasteiger partial charge in [0.25, 0.3) is 0 Å². The molecule has 1 heterocycles. The van der Waals surface area contributed by atoms with Gasteiger partial charge in [-0.05, 0) is 85.0 Å². The fraction of sp³-hybridized carbons (Fsp3) is 0.643. The lowest BCUT2D eigenvalue weighted by molar-refractivity contribution is -0.215. The fourth-order valence-electron chi connectivity index (χ4n) is 6.96. The van der Waals surface area contributed by atoms with Gasteiger partial charge in [0.15, 0.2) is 0 Å². The maximum atomic E-state index is 13.4. The summed E-state index contributed by atoms with van der Waals surface area (Å²) in [6.45, 7) is 13.3. The first-order valence-electron chi connectivity index (χ1n) is 12.6. The molecule has 0 spiro atoms. The minimum absolute atomic E-state index is 0.150. The quantitative estimate of drug-likeness (QED) is 0.473. The normalized spacial score (nSPS) is 37.2. The van der Waals surface area contributed by atoms with Crippen LogP contribution in [0.1, 0.15) is 90.7 Å². The molecule has 6 rings (SSSR count). The molecule has 0 radical (unpaired) electrons. The molecule has 184 valence electrons. The molecule has 4 fully saturated rings. The average Bonchev–Trinajstić information content (AvgIpc) is 3.47. The van der Waals surface area contributed by atoms with Gasteiger partial charge >= 0.3 is 12.0 Å². The van der Waals surface area contributed by atoms with Gasteiger partial charge in [0, 0.05) is 11.2 Å². The number of hydrogen-bond donors (Lipinski definition) is 2. The molecule has 2 bridgehead atoms. The van der Waals surface area contributed by atoms with Crippen molar-refractivity contribution in [2.45, 2.75) is 90.6 Å². The van der Waals surface area contributed by atoms with Crippen molar-refractivity contribution < 1.29 is 14.7 Å². The van der Waals surface area contributed by atoms with E-state index in [1.807, 2.05) is 12.3 Å². The lowest BCUT2D eigenvalue weighted by atomic mass is 9.38. The number of urea groups is 1. The van der Waals surface area contributed by atoms with Crippen LogP contribution in [0.25, 0.3) is 0 Å². The van der Waals surface area contributed by atoms with Gasteiger partial charge in [-0.3, -0.25) is 9.69 Å². The Morgan fingerprint density at radius 1 is 1.29 bits per heavy atom. The number of nitrogens with zero attached hydrogens (tertiary/aromatic N) is 1. The van der Waals surface area contributed by atoms with Gasteiger partial charge in [0.05, 0.1) is 16.5 Å². The number of rotatable bonds is 6. The molecule has 2 amide bonds. The summed E-state index contributed by atoms with van der Waals surface area (Å²) in [6, 6.07) is 6.18. The van der Waals surface area contributed by atoms with E-state index < -0.39 is 16.9 Å². The highest BCUT2D eigenvalue weighted by atomic mass is 35.5. The SMILES string of the molecule is CCC(C)C1=CN(C23CC(C(=O)O)(C2)C3)C(=O)N[C@@]1(C)c1ccc([C@@H]2C[C@H]2C(C)(C)C)c(Cl)c1. The minimum atomic E-state index is -0.734. The maximum Gasteiger partial charge on any atom is 0.322 e. The molecule has 1 unspecified atom stereocenters. The molecule has 34 heavy (non-hydrogen) atoms. The summed E-state index contributed by atoms with van der Waals surface area (Å²) >= 11 is 6.84. The van der Waals surface area contributed by atoms with Crippen LogP contribution in [-0.4, -0.2) is 27.5 Å². The van der Waals surface area contributed by atoms with Crippen molar-refractivity contribution in [3.63, 3.8) is 0 Å². The van der Waals surface area contributed by atoms with Gasteiger partial charge in [0.2, 0.25) is 0 Å². The van der Waals surface area contributed by atoms with Crippen LogP contribution in [0.15, 0.2) is 30.0 Å². The van der Waals surface area contributed by atoms with Crippen LogP contribution in [0.4, 0.5) is 4.79 Å². The molecule has 0 aromatic heterocycles. The van der Waals surface area contributed by atoms with E-state index in [0.717, 1.165) is 22.6 Å². The molecule has 4 atom stereocenters. The van der Waals surface area contributed by atoms with Crippen molar-refractivity contribution in [3.05, 3.63) is 46.1 Å². The van der Waals surface area contributed by atoms with Gasteiger partial charge in [-0.1, -0.05) is 58.4 Å². The number of carboxylic acid groups (broad SMARTS) is 1. The Labute approximate surface area is 207 Å². The Bertz CT molecular complexity index is 1080. The van der Waals surface area contributed by atoms with E-state index >= 15 is 0 Å². The molecule has 5 aliphatic rings. The molecular formula is C28H37ClN2O3. The van der Waals surface area contributed by atoms with E-state index in [9.17, 15) is 14.7 Å². The number of nitrogens with one attached hydrogen (secondary N) is 1. The summed E-state index contributed by atoms with van der Waals surface area (Å²) in [6.07, 6.45) is 5.76. The predicted molar refractivity (Wildman–Crippen MR) is 134 cm³/mol. The van der Waals surface area contributed by atoms with E-state index in [1.165, 1.54) is 12.0 Å². The zero-order valence-electron chi connectivity index (χ0n) is 21.2. The van der Waals surface area contributed by atoms with Gasteiger partial charge in [-0.2, -0.15) is 0 Å². The Kier molecular flexibility index (Phi) is 5.06. The number of carbonyl (C=O) groups excluding carboxylic acids is 1. The second kappa shape index (κ2) is 7.25. The number of halogens is 1. The van der Waals surface area contributed by atoms with Crippen LogP contribution in [0, 0.1) is 22.7 Å². The molecular weight excluding hydrogens is 448 g/mol. The van der Waals surface area contributed by atoms with Crippen molar-refractivity contribution in [3.8, 4) is 0 Å². The molecule has 2 N–H and O–H groups in total. The first-order chi connectivity index (χ1) is 15.8. The van der Waals surface area contributed by atoms with E-state index in [-0.39, 0.29) is 22.9 Å². The second-order valence-corrected chi connectivity index (χ2v) is 13.1. The zero-order chi connectivity index (χ0) is 24.8. The number of amides is 2. The summed E-state index contributed by atoms with van der Waals surface area (Å²) in [5.74, 6) is 0.663. The lowest BCUT2D eigenvalue weighted by Gasteiger charge is -2.71. The summed E-state index contributed by atoms with van der Waals surface area (Å²) < 4.78 is 0. The van der Waals surface area contributed by atoms with E-state index in [1.54, 1.807) is 4.90 Å². The molecule has 1 aromatic carbocycles. The van der Waals surface area contributed by atoms with Crippen LogP contribution >= 0.6 is 11.6 Å². The van der Waals surface area contributed by atoms with Crippen molar-refractivity contribution in [2.24, 2.45) is 22.7 Å². The first kappa shape index (κ1) is 23.7. The number of benzene rings is 1. The van der Waals surface area contributed by atoms with Crippen molar-refractivity contribution in [1.29, 1.82) is 0 Å². The Morgan fingerprint density at radius 3 is 2.44 bits per heavy atom. The molecule has 5 nitrogen and oxygen atoms in total. The van der Waals surface area contributed by atoms with E-state index in [4.69, 9.17) is 11.6 Å². The number of carbonyl (C=O) groups is 2. The summed E-state index contributed by atoms with van der Waals surface area (Å²) in [7, 11) is 0. The van der Waals surface area contributed by atoms with E-state index in [2.05, 4.69) is 59.0 Å². The molecule has 6 heteroatoms. The highest BCUT2D eigenvalue weighted by Gasteiger charge is 2.75. The molecule has 4 saturated carbocycles. The first-order valence-corrected chi connectivity index (χ1v) is 13.0. The van der Waals surface area contributed by atoms with Crippen LogP contribution in [-0.2, 0) is 10.3 Å². The number of aliphatic carboxylic acids is 1. The van der Waals surface area contributed by atoms with E-state index in [0.29, 0.717) is 31.1 Å². The Hall–Kier alpha value is -2.01. The number of carboxylic acids is 1. The highest BCUT2D eigenvalue weighted by molar-refractivity contribution is 6.31. The second-order valence-electron chi connectivity index (χ2n) is 12.7. The van der Waals surface area contributed by atoms with Gasteiger partial charge in [-0.15, -0.1) is 0 Å². The average molecular weight is 485 g/mol. The molecule has 4 aliphatic carbocycles. The highest BCUT2D eigenvalue weighted by Crippen LogP contribution is 2.70. The number of hydrogen-bond acceptors (Lipinski definition) is 2. The van der Waals surface area contributed by atoms with Gasteiger partial charge in [0.1, 0.15) is 0 Å². The van der Waals surface area contributed by atoms with Crippen molar-refractivity contribution in [2.75, 3.05) is 0 Å². The van der Waals surface area contributed by atoms with Crippen LogP contribution in [0.3, 0.4) is 0 Å². The summed E-state index contributed by atoms with van der Waals surface area (Å²) in [5.41, 5.74) is 1.98. The zero-order valence-corrected chi connectivity index (χ0v) is 21.9. The minimum Gasteiger partial charge on any atom is -0.481 e. The summed E-state index contributed by atoms with van der Waals surface area (Å²) in [5, 5.41) is 13.6. The topological polar surface area (TPSA) is 69.6 Å². The van der Waals surface area contributed by atoms with Gasteiger partial charge < -0.3 is 10.4 Å². The predicted octanol–water partition coefficient (Wildman–Crippen LogP) is 6.67. The third-order valence-corrected chi connectivity index (χ3v) is 9.74. The van der Waals surface area contributed by atoms with Crippen molar-refractivity contribution >= 4 is 23.6 Å². The van der Waals surface area contributed by atoms with Crippen LogP contribution in [0.2, 0.25) is 5.02 Å². The third-order valence-electron chi connectivity index (χ3n) is 9.41. The van der Waals surface area contributed by atoms with Gasteiger partial charge in [-0.25, -0.2) is 4.79 Å². The third kappa shape index (κ3) is 3.26. The monoisotopic (exact) mass is 484 g/mol. The smallest absolute Gasteiger partial charge is 0.322 e. The van der Waals surface area contributed by atoms with Crippen LogP contribution < -0.4 is 5.32 Å². The van der Waals surface area contributed by atoms with Crippen molar-refractivity contribution in [1.82, 2.24) is 10.2 Å². The Balaban J connectivity index is 1.46. The largest absolute Gasteiger partial charge is 0.481 e. The molecule has 1 aliphatic heterocycles. The molecule has 1 aromatic rings. The maximum absolute atomic E-state index is 13.4. The standard InChI is InChI=1S/C28H37ClN2O3/c1-7-16(2)21-12-31(28-13-27(14-28,15-28)23(32)33)24(34)30-26(21,6)17-8-9-18(22(29)10-17)19-11-20(19)25(3,4)5/h8-10,12,16,19-20H,7,11,13-15H2,1-6H3,(H,30,34)(H,32,33)/t16?,19-,20+,26-,27?,28?/m0/s1. The molecule has 0 saturated heterocycles. The Morgan fingerprint density at radius 2 is 1.94 bits per heavy atom. The summed E-state index contributed by atoms with van der Waals surface area (Å²) in [4.78, 5) is 26.8. The fourth-order valence-corrected chi connectivity index (χ4v) is 7.28. The van der Waals surface area contributed by atoms with Crippen LogP contribution in [0.5, 0.6) is 0 Å².